The molecule has 2 aromatic heterocycles. The van der Waals surface area contributed by atoms with Crippen LogP contribution in [0.2, 0.25) is 0 Å². The number of hydrogen-bond acceptors (Lipinski definition) is 3. The predicted molar refractivity (Wildman–Crippen MR) is 62.9 cm³/mol. The quantitative estimate of drug-likeness (QED) is 0.854. The fraction of sp³-hybridized carbons (Fsp3) is 0.308. The van der Waals surface area contributed by atoms with E-state index in [1.165, 1.54) is 5.56 Å². The van der Waals surface area contributed by atoms with Crippen molar-refractivity contribution < 1.29 is 4.42 Å². The van der Waals surface area contributed by atoms with Crippen LogP contribution in [0.15, 0.2) is 41.1 Å². The van der Waals surface area contributed by atoms with Gasteiger partial charge < -0.3 is 9.73 Å². The highest BCUT2D eigenvalue weighted by atomic mass is 16.3. The summed E-state index contributed by atoms with van der Waals surface area (Å²) in [4.78, 5) is 4.34. The molecule has 2 aromatic rings. The summed E-state index contributed by atoms with van der Waals surface area (Å²) in [6.45, 7) is 4.87. The average molecular weight is 216 g/mol. The topological polar surface area (TPSA) is 38.1 Å². The highest BCUT2D eigenvalue weighted by molar-refractivity contribution is 5.12. The molecule has 0 spiro atoms. The molecule has 1 atom stereocenters. The van der Waals surface area contributed by atoms with Gasteiger partial charge in [0.1, 0.15) is 5.76 Å². The monoisotopic (exact) mass is 216 g/mol. The molecule has 0 radical (unpaired) electrons. The van der Waals surface area contributed by atoms with Crippen LogP contribution in [0.3, 0.4) is 0 Å². The van der Waals surface area contributed by atoms with Crippen LogP contribution < -0.4 is 5.32 Å². The average Bonchev–Trinajstić information content (AvgIpc) is 2.81. The number of pyridine rings is 1. The van der Waals surface area contributed by atoms with Crippen molar-refractivity contribution in [2.24, 2.45) is 0 Å². The summed E-state index contributed by atoms with van der Waals surface area (Å²) in [6, 6.07) is 8.19. The molecule has 1 N–H and O–H groups in total. The number of furan rings is 1. The van der Waals surface area contributed by atoms with Crippen LogP contribution in [-0.4, -0.2) is 4.98 Å². The molecule has 0 bridgehead atoms. The number of hydrogen-bond donors (Lipinski definition) is 1. The normalized spacial score (nSPS) is 12.6. The van der Waals surface area contributed by atoms with Gasteiger partial charge in [0.2, 0.25) is 0 Å². The van der Waals surface area contributed by atoms with Gasteiger partial charge in [0, 0.05) is 12.7 Å². The molecule has 3 nitrogen and oxygen atoms in total. The van der Waals surface area contributed by atoms with Crippen LogP contribution in [0.5, 0.6) is 0 Å². The second-order valence-electron chi connectivity index (χ2n) is 3.94. The van der Waals surface area contributed by atoms with Gasteiger partial charge in [-0.2, -0.15) is 0 Å². The second-order valence-corrected chi connectivity index (χ2v) is 3.94. The molecule has 0 saturated heterocycles. The Kier molecular flexibility index (Phi) is 3.37. The fourth-order valence-electron chi connectivity index (χ4n) is 1.50. The molecule has 2 heterocycles. The SMILES string of the molecule is Cc1ccc(CN[C@H](C)c2ccco2)nc1. The van der Waals surface area contributed by atoms with E-state index in [1.54, 1.807) is 6.26 Å². The van der Waals surface area contributed by atoms with Crippen molar-refractivity contribution >= 4 is 0 Å². The molecule has 16 heavy (non-hydrogen) atoms. The van der Waals surface area contributed by atoms with Gasteiger partial charge in [-0.15, -0.1) is 0 Å². The minimum atomic E-state index is 0.207. The summed E-state index contributed by atoms with van der Waals surface area (Å²) in [5.41, 5.74) is 2.23. The zero-order valence-corrected chi connectivity index (χ0v) is 9.60. The molecule has 0 saturated carbocycles. The zero-order valence-electron chi connectivity index (χ0n) is 9.60. The lowest BCUT2D eigenvalue weighted by molar-refractivity contribution is 0.429. The molecule has 0 fully saturated rings. The number of rotatable bonds is 4. The van der Waals surface area contributed by atoms with Gasteiger partial charge >= 0.3 is 0 Å². The molecular weight excluding hydrogens is 200 g/mol. The van der Waals surface area contributed by atoms with Gasteiger partial charge in [-0.3, -0.25) is 4.98 Å². The minimum absolute atomic E-state index is 0.207. The third-order valence-electron chi connectivity index (χ3n) is 2.53. The summed E-state index contributed by atoms with van der Waals surface area (Å²) in [6.07, 6.45) is 3.58. The first kappa shape index (κ1) is 10.9. The third-order valence-corrected chi connectivity index (χ3v) is 2.53. The molecule has 0 amide bonds. The van der Waals surface area contributed by atoms with Crippen molar-refractivity contribution in [1.82, 2.24) is 10.3 Å². The Morgan fingerprint density at radius 2 is 2.25 bits per heavy atom. The van der Waals surface area contributed by atoms with E-state index in [0.717, 1.165) is 18.0 Å². The van der Waals surface area contributed by atoms with Crippen LogP contribution in [0.1, 0.15) is 30.0 Å². The number of aryl methyl sites for hydroxylation is 1. The zero-order chi connectivity index (χ0) is 11.4. The first-order valence-corrected chi connectivity index (χ1v) is 5.44. The van der Waals surface area contributed by atoms with Gasteiger partial charge in [-0.25, -0.2) is 0 Å². The summed E-state index contributed by atoms with van der Waals surface area (Å²) in [5, 5.41) is 3.36. The van der Waals surface area contributed by atoms with Crippen LogP contribution in [0.4, 0.5) is 0 Å². The van der Waals surface area contributed by atoms with Crippen molar-refractivity contribution in [3.63, 3.8) is 0 Å². The molecule has 0 aliphatic carbocycles. The Morgan fingerprint density at radius 1 is 1.38 bits per heavy atom. The van der Waals surface area contributed by atoms with Crippen LogP contribution in [0.25, 0.3) is 0 Å². The summed E-state index contributed by atoms with van der Waals surface area (Å²) in [5.74, 6) is 0.951. The highest BCUT2D eigenvalue weighted by Gasteiger charge is 2.07. The molecular formula is C13H16N2O. The first-order chi connectivity index (χ1) is 7.75. The number of nitrogens with one attached hydrogen (secondary N) is 1. The van der Waals surface area contributed by atoms with E-state index in [2.05, 4.69) is 23.3 Å². The summed E-state index contributed by atoms with van der Waals surface area (Å²) >= 11 is 0. The van der Waals surface area contributed by atoms with Crippen molar-refractivity contribution in [3.05, 3.63) is 53.7 Å². The molecule has 0 unspecified atom stereocenters. The smallest absolute Gasteiger partial charge is 0.120 e. The second kappa shape index (κ2) is 4.94. The van der Waals surface area contributed by atoms with Crippen molar-refractivity contribution in [2.45, 2.75) is 26.4 Å². The standard InChI is InChI=1S/C13H16N2O/c1-10-5-6-12(15-8-10)9-14-11(2)13-4-3-7-16-13/h3-8,11,14H,9H2,1-2H3/t11-/m1/s1. The lowest BCUT2D eigenvalue weighted by Crippen LogP contribution is -2.18. The largest absolute Gasteiger partial charge is 0.468 e. The summed E-state index contributed by atoms with van der Waals surface area (Å²) in [7, 11) is 0. The Labute approximate surface area is 95.5 Å². The van der Waals surface area contributed by atoms with Crippen LogP contribution in [-0.2, 0) is 6.54 Å². The van der Waals surface area contributed by atoms with Gasteiger partial charge in [0.25, 0.3) is 0 Å². The Balaban J connectivity index is 1.90. The number of nitrogens with zero attached hydrogens (tertiary/aromatic N) is 1. The Morgan fingerprint density at radius 3 is 2.88 bits per heavy atom. The maximum Gasteiger partial charge on any atom is 0.120 e. The first-order valence-electron chi connectivity index (χ1n) is 5.44. The van der Waals surface area contributed by atoms with E-state index >= 15 is 0 Å². The van der Waals surface area contributed by atoms with Crippen molar-refractivity contribution in [1.29, 1.82) is 0 Å². The molecule has 0 aliphatic rings. The maximum atomic E-state index is 5.32. The van der Waals surface area contributed by atoms with Gasteiger partial charge in [-0.1, -0.05) is 6.07 Å². The van der Waals surface area contributed by atoms with Crippen LogP contribution >= 0.6 is 0 Å². The van der Waals surface area contributed by atoms with E-state index in [9.17, 15) is 0 Å². The van der Waals surface area contributed by atoms with Crippen molar-refractivity contribution in [3.8, 4) is 0 Å². The maximum absolute atomic E-state index is 5.32. The Hall–Kier alpha value is -1.61. The summed E-state index contributed by atoms with van der Waals surface area (Å²) < 4.78 is 5.32. The van der Waals surface area contributed by atoms with Gasteiger partial charge in [-0.05, 0) is 37.6 Å². The van der Waals surface area contributed by atoms with E-state index in [0.29, 0.717) is 0 Å². The molecule has 2 rings (SSSR count). The van der Waals surface area contributed by atoms with Gasteiger partial charge in [0.05, 0.1) is 18.0 Å². The Bertz CT molecular complexity index is 420. The molecule has 84 valence electrons. The van der Waals surface area contributed by atoms with E-state index in [-0.39, 0.29) is 6.04 Å². The minimum Gasteiger partial charge on any atom is -0.468 e. The highest BCUT2D eigenvalue weighted by Crippen LogP contribution is 2.12. The van der Waals surface area contributed by atoms with E-state index < -0.39 is 0 Å². The predicted octanol–water partition coefficient (Wildman–Crippen LogP) is 2.83. The number of aromatic nitrogens is 1. The van der Waals surface area contributed by atoms with E-state index in [4.69, 9.17) is 4.42 Å². The van der Waals surface area contributed by atoms with E-state index in [1.807, 2.05) is 31.3 Å². The molecule has 0 aliphatic heterocycles. The van der Waals surface area contributed by atoms with Crippen LogP contribution in [0, 0.1) is 6.92 Å². The lowest BCUT2D eigenvalue weighted by atomic mass is 10.2. The van der Waals surface area contributed by atoms with Crippen molar-refractivity contribution in [2.75, 3.05) is 0 Å². The lowest BCUT2D eigenvalue weighted by Gasteiger charge is -2.10. The third kappa shape index (κ3) is 2.70. The molecule has 3 heteroatoms. The fourth-order valence-corrected chi connectivity index (χ4v) is 1.50. The van der Waals surface area contributed by atoms with Gasteiger partial charge in [0.15, 0.2) is 0 Å². The molecule has 0 aromatic carbocycles.